The first-order valence-corrected chi connectivity index (χ1v) is 5.69. The fourth-order valence-corrected chi connectivity index (χ4v) is 2.39. The molecule has 5 heteroatoms. The lowest BCUT2D eigenvalue weighted by molar-refractivity contribution is 0.716. The summed E-state index contributed by atoms with van der Waals surface area (Å²) in [6.45, 7) is 6.13. The van der Waals surface area contributed by atoms with Gasteiger partial charge in [0.25, 0.3) is 0 Å². The third kappa shape index (κ3) is 2.65. The van der Waals surface area contributed by atoms with Crippen LogP contribution in [0.25, 0.3) is 0 Å². The van der Waals surface area contributed by atoms with Gasteiger partial charge in [-0.15, -0.1) is 11.3 Å². The number of rotatable bonds is 2. The monoisotopic (exact) mass is 229 g/mol. The maximum Gasteiger partial charge on any atom is 0.166 e. The molecule has 2 N–H and O–H groups in total. The van der Waals surface area contributed by atoms with Crippen LogP contribution >= 0.6 is 23.6 Å². The molecule has 3 nitrogen and oxygen atoms in total. The van der Waals surface area contributed by atoms with Gasteiger partial charge in [-0.3, -0.25) is 0 Å². The SMILES string of the molecule is CNC(=S)NC(C)c1sc(C)nc1C. The summed E-state index contributed by atoms with van der Waals surface area (Å²) in [5.41, 5.74) is 1.09. The maximum absolute atomic E-state index is 5.04. The van der Waals surface area contributed by atoms with E-state index in [0.29, 0.717) is 5.11 Å². The summed E-state index contributed by atoms with van der Waals surface area (Å²) in [5, 5.41) is 7.86. The Morgan fingerprint density at radius 2 is 2.14 bits per heavy atom. The molecule has 1 atom stereocenters. The van der Waals surface area contributed by atoms with E-state index >= 15 is 0 Å². The highest BCUT2D eigenvalue weighted by Crippen LogP contribution is 2.24. The lowest BCUT2D eigenvalue weighted by Crippen LogP contribution is -2.34. The molecule has 0 aliphatic carbocycles. The minimum atomic E-state index is 0.223. The Morgan fingerprint density at radius 1 is 1.50 bits per heavy atom. The molecule has 0 radical (unpaired) electrons. The van der Waals surface area contributed by atoms with Crippen LogP contribution in [0, 0.1) is 13.8 Å². The van der Waals surface area contributed by atoms with E-state index in [1.165, 1.54) is 4.88 Å². The first-order valence-electron chi connectivity index (χ1n) is 4.46. The topological polar surface area (TPSA) is 37.0 Å². The van der Waals surface area contributed by atoms with Crippen LogP contribution < -0.4 is 10.6 Å². The van der Waals surface area contributed by atoms with Crippen molar-refractivity contribution in [1.82, 2.24) is 15.6 Å². The van der Waals surface area contributed by atoms with Crippen molar-refractivity contribution in [2.24, 2.45) is 0 Å². The van der Waals surface area contributed by atoms with E-state index in [0.717, 1.165) is 10.7 Å². The van der Waals surface area contributed by atoms with Gasteiger partial charge in [-0.25, -0.2) is 4.98 Å². The van der Waals surface area contributed by atoms with E-state index in [1.807, 2.05) is 20.9 Å². The Balaban J connectivity index is 2.73. The second-order valence-electron chi connectivity index (χ2n) is 3.13. The third-order valence-corrected chi connectivity index (χ3v) is 3.48. The molecule has 1 aromatic heterocycles. The van der Waals surface area contributed by atoms with Gasteiger partial charge in [0.05, 0.1) is 16.7 Å². The van der Waals surface area contributed by atoms with Crippen molar-refractivity contribution in [1.29, 1.82) is 0 Å². The van der Waals surface area contributed by atoms with E-state index in [4.69, 9.17) is 12.2 Å². The molecule has 0 bridgehead atoms. The molecule has 0 amide bonds. The number of thiazole rings is 1. The van der Waals surface area contributed by atoms with Gasteiger partial charge < -0.3 is 10.6 Å². The van der Waals surface area contributed by atoms with Gasteiger partial charge in [0, 0.05) is 11.9 Å². The average molecular weight is 229 g/mol. The molecule has 0 fully saturated rings. The molecule has 1 rings (SSSR count). The number of hydrogen-bond donors (Lipinski definition) is 2. The normalized spacial score (nSPS) is 12.3. The molecule has 1 unspecified atom stereocenters. The van der Waals surface area contributed by atoms with Crippen molar-refractivity contribution in [3.63, 3.8) is 0 Å². The van der Waals surface area contributed by atoms with Crippen molar-refractivity contribution >= 4 is 28.7 Å². The lowest BCUT2D eigenvalue weighted by Gasteiger charge is -2.14. The van der Waals surface area contributed by atoms with E-state index in [2.05, 4.69) is 22.5 Å². The molecule has 0 saturated carbocycles. The van der Waals surface area contributed by atoms with Crippen LogP contribution in [0.15, 0.2) is 0 Å². The smallest absolute Gasteiger partial charge is 0.166 e. The van der Waals surface area contributed by atoms with Gasteiger partial charge in [-0.2, -0.15) is 0 Å². The molecule has 0 aliphatic heterocycles. The van der Waals surface area contributed by atoms with Crippen LogP contribution in [0.3, 0.4) is 0 Å². The van der Waals surface area contributed by atoms with Crippen LogP contribution in [0.2, 0.25) is 0 Å². The minimum Gasteiger partial charge on any atom is -0.366 e. The zero-order valence-electron chi connectivity index (χ0n) is 8.84. The summed E-state index contributed by atoms with van der Waals surface area (Å²) >= 11 is 6.76. The molecule has 14 heavy (non-hydrogen) atoms. The molecule has 0 spiro atoms. The molecule has 1 aromatic rings. The largest absolute Gasteiger partial charge is 0.366 e. The number of nitrogens with one attached hydrogen (secondary N) is 2. The molecule has 0 aliphatic rings. The van der Waals surface area contributed by atoms with Crippen LogP contribution in [0.4, 0.5) is 0 Å². The van der Waals surface area contributed by atoms with E-state index in [9.17, 15) is 0 Å². The first-order chi connectivity index (χ1) is 6.54. The summed E-state index contributed by atoms with van der Waals surface area (Å²) in [6, 6.07) is 0.223. The standard InChI is InChI=1S/C9H15N3S2/c1-5-8(14-7(3)11-5)6(2)12-9(13)10-4/h6H,1-4H3,(H2,10,12,13). The summed E-state index contributed by atoms with van der Waals surface area (Å²) in [6.07, 6.45) is 0. The lowest BCUT2D eigenvalue weighted by atomic mass is 10.2. The Hall–Kier alpha value is -0.680. The van der Waals surface area contributed by atoms with E-state index < -0.39 is 0 Å². The average Bonchev–Trinajstić information content (AvgIpc) is 2.45. The molecule has 0 saturated heterocycles. The molecule has 78 valence electrons. The zero-order chi connectivity index (χ0) is 10.7. The third-order valence-electron chi connectivity index (χ3n) is 1.91. The van der Waals surface area contributed by atoms with Gasteiger partial charge >= 0.3 is 0 Å². The van der Waals surface area contributed by atoms with Crippen molar-refractivity contribution in [2.45, 2.75) is 26.8 Å². The van der Waals surface area contributed by atoms with Crippen molar-refractivity contribution < 1.29 is 0 Å². The number of thiocarbonyl (C=S) groups is 1. The Bertz CT molecular complexity index is 333. The van der Waals surface area contributed by atoms with E-state index in [-0.39, 0.29) is 6.04 Å². The van der Waals surface area contributed by atoms with Gasteiger partial charge in [0.2, 0.25) is 0 Å². The highest BCUT2D eigenvalue weighted by Gasteiger charge is 2.12. The number of nitrogens with zero attached hydrogens (tertiary/aromatic N) is 1. The van der Waals surface area contributed by atoms with Crippen LogP contribution in [-0.2, 0) is 0 Å². The Kier molecular flexibility index (Phi) is 3.83. The number of aryl methyl sites for hydroxylation is 2. The van der Waals surface area contributed by atoms with Crippen LogP contribution in [0.5, 0.6) is 0 Å². The molecule has 0 aromatic carbocycles. The summed E-state index contributed by atoms with van der Waals surface area (Å²) < 4.78 is 0. The van der Waals surface area contributed by atoms with Crippen LogP contribution in [-0.4, -0.2) is 17.1 Å². The molecule has 1 heterocycles. The predicted octanol–water partition coefficient (Wildman–Crippen LogP) is 1.91. The Labute approximate surface area is 93.9 Å². The Morgan fingerprint density at radius 3 is 2.57 bits per heavy atom. The van der Waals surface area contributed by atoms with E-state index in [1.54, 1.807) is 11.3 Å². The van der Waals surface area contributed by atoms with Crippen molar-refractivity contribution in [3.05, 3.63) is 15.6 Å². The summed E-state index contributed by atoms with van der Waals surface area (Å²) in [7, 11) is 1.81. The summed E-state index contributed by atoms with van der Waals surface area (Å²) in [5.74, 6) is 0. The zero-order valence-corrected chi connectivity index (χ0v) is 10.5. The second-order valence-corrected chi connectivity index (χ2v) is 4.77. The highest BCUT2D eigenvalue weighted by molar-refractivity contribution is 7.80. The first kappa shape index (κ1) is 11.4. The second kappa shape index (κ2) is 4.70. The van der Waals surface area contributed by atoms with Gasteiger partial charge in [-0.1, -0.05) is 0 Å². The summed E-state index contributed by atoms with van der Waals surface area (Å²) in [4.78, 5) is 5.63. The van der Waals surface area contributed by atoms with Gasteiger partial charge in [-0.05, 0) is 33.0 Å². The molecular formula is C9H15N3S2. The molecular weight excluding hydrogens is 214 g/mol. The van der Waals surface area contributed by atoms with Gasteiger partial charge in [0.15, 0.2) is 5.11 Å². The maximum atomic E-state index is 5.04. The van der Waals surface area contributed by atoms with Crippen molar-refractivity contribution in [3.8, 4) is 0 Å². The highest BCUT2D eigenvalue weighted by atomic mass is 32.1. The fourth-order valence-electron chi connectivity index (χ4n) is 1.28. The number of aromatic nitrogens is 1. The van der Waals surface area contributed by atoms with Crippen molar-refractivity contribution in [2.75, 3.05) is 7.05 Å². The van der Waals surface area contributed by atoms with Gasteiger partial charge in [0.1, 0.15) is 0 Å². The quantitative estimate of drug-likeness (QED) is 0.760. The minimum absolute atomic E-state index is 0.223. The fraction of sp³-hybridized carbons (Fsp3) is 0.556. The number of hydrogen-bond acceptors (Lipinski definition) is 3. The van der Waals surface area contributed by atoms with Crippen LogP contribution in [0.1, 0.15) is 28.5 Å². The predicted molar refractivity (Wildman–Crippen MR) is 64.8 cm³/mol.